The molecular weight excluding hydrogens is 248 g/mol. The minimum Gasteiger partial charge on any atom is -0.224 e. The molecule has 4 nitrogen and oxygen atoms in total. The molecule has 0 aromatic carbocycles. The largest absolute Gasteiger partial charge is 0.224 e. The maximum atomic E-state index is 6.15. The lowest BCUT2D eigenvalue weighted by atomic mass is 10.2. The second-order valence-electron chi connectivity index (χ2n) is 4.68. The summed E-state index contributed by atoms with van der Waals surface area (Å²) in [6.45, 7) is 2.12. The molecule has 1 aliphatic carbocycles. The average molecular weight is 263 g/mol. The molecule has 1 saturated carbocycles. The first-order valence-corrected chi connectivity index (χ1v) is 6.72. The lowest BCUT2D eigenvalue weighted by Gasteiger charge is -2.08. The van der Waals surface area contributed by atoms with Gasteiger partial charge in [-0.25, -0.2) is 14.6 Å². The Kier molecular flexibility index (Phi) is 3.04. The van der Waals surface area contributed by atoms with Crippen LogP contribution in [0.3, 0.4) is 0 Å². The summed E-state index contributed by atoms with van der Waals surface area (Å²) in [5.41, 5.74) is 2.14. The second kappa shape index (κ2) is 4.69. The van der Waals surface area contributed by atoms with Gasteiger partial charge in [0.25, 0.3) is 0 Å². The van der Waals surface area contributed by atoms with E-state index in [4.69, 9.17) is 11.6 Å². The Morgan fingerprint density at radius 3 is 2.94 bits per heavy atom. The zero-order valence-corrected chi connectivity index (χ0v) is 11.1. The number of rotatable bonds is 4. The van der Waals surface area contributed by atoms with Crippen LogP contribution in [-0.4, -0.2) is 19.7 Å². The first-order valence-electron chi connectivity index (χ1n) is 6.35. The van der Waals surface area contributed by atoms with Crippen molar-refractivity contribution in [1.82, 2.24) is 19.7 Å². The van der Waals surface area contributed by atoms with Crippen molar-refractivity contribution in [2.24, 2.45) is 0 Å². The molecule has 1 aliphatic rings. The number of hydrogen-bond donors (Lipinski definition) is 0. The lowest BCUT2D eigenvalue weighted by Crippen LogP contribution is -2.05. The monoisotopic (exact) mass is 262 g/mol. The Hall–Kier alpha value is -1.42. The third kappa shape index (κ3) is 2.12. The Bertz CT molecular complexity index is 560. The van der Waals surface area contributed by atoms with Gasteiger partial charge < -0.3 is 0 Å². The lowest BCUT2D eigenvalue weighted by molar-refractivity contribution is 0.779. The Morgan fingerprint density at radius 2 is 2.22 bits per heavy atom. The molecule has 5 heteroatoms. The van der Waals surface area contributed by atoms with E-state index in [2.05, 4.69) is 28.1 Å². The van der Waals surface area contributed by atoms with Crippen molar-refractivity contribution in [1.29, 1.82) is 0 Å². The summed E-state index contributed by atoms with van der Waals surface area (Å²) in [6.07, 6.45) is 7.85. The van der Waals surface area contributed by atoms with Gasteiger partial charge in [0.05, 0.1) is 5.69 Å². The van der Waals surface area contributed by atoms with Gasteiger partial charge in [0, 0.05) is 17.7 Å². The van der Waals surface area contributed by atoms with Crippen LogP contribution in [0, 0.1) is 0 Å². The minimum absolute atomic E-state index is 0.533. The number of aromatic nitrogens is 4. The van der Waals surface area contributed by atoms with Gasteiger partial charge >= 0.3 is 0 Å². The van der Waals surface area contributed by atoms with Gasteiger partial charge in [-0.2, -0.15) is 5.10 Å². The highest BCUT2D eigenvalue weighted by molar-refractivity contribution is 6.30. The fourth-order valence-corrected chi connectivity index (χ4v) is 2.32. The van der Waals surface area contributed by atoms with Crippen LogP contribution in [0.15, 0.2) is 18.6 Å². The quantitative estimate of drug-likeness (QED) is 0.795. The van der Waals surface area contributed by atoms with Gasteiger partial charge in [-0.15, -0.1) is 0 Å². The van der Waals surface area contributed by atoms with Gasteiger partial charge in [-0.3, -0.25) is 0 Å². The van der Waals surface area contributed by atoms with Gasteiger partial charge in [-0.05, 0) is 25.3 Å². The normalized spacial score (nSPS) is 15.0. The van der Waals surface area contributed by atoms with E-state index in [1.807, 2.05) is 10.9 Å². The predicted octanol–water partition coefficient (Wildman–Crippen LogP) is 3.15. The van der Waals surface area contributed by atoms with Crippen LogP contribution in [0.4, 0.5) is 0 Å². The van der Waals surface area contributed by atoms with Crippen molar-refractivity contribution in [3.63, 3.8) is 0 Å². The Morgan fingerprint density at radius 1 is 1.39 bits per heavy atom. The topological polar surface area (TPSA) is 43.6 Å². The zero-order chi connectivity index (χ0) is 12.5. The summed E-state index contributed by atoms with van der Waals surface area (Å²) in [4.78, 5) is 8.38. The highest BCUT2D eigenvalue weighted by Gasteiger charge is 2.26. The summed E-state index contributed by atoms with van der Waals surface area (Å²) in [5, 5.41) is 5.13. The first-order chi connectivity index (χ1) is 8.79. The van der Waals surface area contributed by atoms with E-state index < -0.39 is 0 Å². The standard InChI is InChI=1S/C13H15ClN4/c1-2-3-10-12(14)15-8-16-13(10)18-7-6-11(17-18)9-4-5-9/h6-9H,2-5H2,1H3. The van der Waals surface area contributed by atoms with E-state index in [-0.39, 0.29) is 0 Å². The highest BCUT2D eigenvalue weighted by atomic mass is 35.5. The molecule has 2 aromatic heterocycles. The SMILES string of the molecule is CCCc1c(Cl)ncnc1-n1ccc(C2CC2)n1. The molecule has 3 rings (SSSR count). The van der Waals surface area contributed by atoms with Crippen molar-refractivity contribution in [2.45, 2.75) is 38.5 Å². The molecule has 0 spiro atoms. The van der Waals surface area contributed by atoms with Crippen LogP contribution in [0.1, 0.15) is 43.4 Å². The average Bonchev–Trinajstić information content (AvgIpc) is 3.11. The van der Waals surface area contributed by atoms with Crippen molar-refractivity contribution in [3.8, 4) is 5.82 Å². The molecule has 1 fully saturated rings. The summed E-state index contributed by atoms with van der Waals surface area (Å²) in [5.74, 6) is 1.46. The van der Waals surface area contributed by atoms with Gasteiger partial charge in [0.2, 0.25) is 0 Å². The van der Waals surface area contributed by atoms with Crippen molar-refractivity contribution >= 4 is 11.6 Å². The van der Waals surface area contributed by atoms with Crippen molar-refractivity contribution in [3.05, 3.63) is 35.0 Å². The third-order valence-corrected chi connectivity index (χ3v) is 3.52. The molecule has 0 saturated heterocycles. The molecule has 0 N–H and O–H groups in total. The van der Waals surface area contributed by atoms with E-state index in [1.54, 1.807) is 0 Å². The maximum absolute atomic E-state index is 6.15. The van der Waals surface area contributed by atoms with E-state index >= 15 is 0 Å². The summed E-state index contributed by atoms with van der Waals surface area (Å²) < 4.78 is 1.83. The molecule has 94 valence electrons. The minimum atomic E-state index is 0.533. The molecular formula is C13H15ClN4. The maximum Gasteiger partial charge on any atom is 0.161 e. The van der Waals surface area contributed by atoms with E-state index in [0.29, 0.717) is 11.1 Å². The summed E-state index contributed by atoms with van der Waals surface area (Å²) >= 11 is 6.15. The van der Waals surface area contributed by atoms with Crippen LogP contribution >= 0.6 is 11.6 Å². The summed E-state index contributed by atoms with van der Waals surface area (Å²) in [7, 11) is 0. The number of nitrogens with zero attached hydrogens (tertiary/aromatic N) is 4. The Labute approximate surface area is 111 Å². The predicted molar refractivity (Wildman–Crippen MR) is 70.1 cm³/mol. The molecule has 0 aliphatic heterocycles. The first kappa shape index (κ1) is 11.7. The number of halogens is 1. The molecule has 0 bridgehead atoms. The molecule has 0 atom stereocenters. The second-order valence-corrected chi connectivity index (χ2v) is 5.03. The highest BCUT2D eigenvalue weighted by Crippen LogP contribution is 2.39. The van der Waals surface area contributed by atoms with E-state index in [1.165, 1.54) is 19.2 Å². The molecule has 2 heterocycles. The van der Waals surface area contributed by atoms with Crippen molar-refractivity contribution < 1.29 is 0 Å². The molecule has 2 aromatic rings. The van der Waals surface area contributed by atoms with Crippen LogP contribution in [0.5, 0.6) is 0 Å². The van der Waals surface area contributed by atoms with Gasteiger partial charge in [0.15, 0.2) is 5.82 Å². The van der Waals surface area contributed by atoms with Gasteiger partial charge in [-0.1, -0.05) is 24.9 Å². The fraction of sp³-hybridized carbons (Fsp3) is 0.462. The third-order valence-electron chi connectivity index (χ3n) is 3.19. The Balaban J connectivity index is 2.00. The van der Waals surface area contributed by atoms with E-state index in [0.717, 1.165) is 29.9 Å². The molecule has 18 heavy (non-hydrogen) atoms. The summed E-state index contributed by atoms with van der Waals surface area (Å²) in [6, 6.07) is 2.07. The van der Waals surface area contributed by atoms with Crippen molar-refractivity contribution in [2.75, 3.05) is 0 Å². The number of hydrogen-bond acceptors (Lipinski definition) is 3. The van der Waals surface area contributed by atoms with Crippen LogP contribution in [0.25, 0.3) is 5.82 Å². The van der Waals surface area contributed by atoms with E-state index in [9.17, 15) is 0 Å². The molecule has 0 unspecified atom stereocenters. The van der Waals surface area contributed by atoms with Crippen LogP contribution in [0.2, 0.25) is 5.15 Å². The zero-order valence-electron chi connectivity index (χ0n) is 10.3. The van der Waals surface area contributed by atoms with Crippen LogP contribution in [-0.2, 0) is 6.42 Å². The van der Waals surface area contributed by atoms with Crippen LogP contribution < -0.4 is 0 Å². The molecule has 0 radical (unpaired) electrons. The fourth-order valence-electron chi connectivity index (χ4n) is 2.10. The van der Waals surface area contributed by atoms with Gasteiger partial charge in [0.1, 0.15) is 11.5 Å². The molecule has 0 amide bonds. The smallest absolute Gasteiger partial charge is 0.161 e.